The lowest BCUT2D eigenvalue weighted by atomic mass is 10.2. The second-order valence-corrected chi connectivity index (χ2v) is 7.97. The second-order valence-electron chi connectivity index (χ2n) is 7.97. The number of halogens is 1. The number of aromatic nitrogens is 6. The summed E-state index contributed by atoms with van der Waals surface area (Å²) in [5, 5.41) is 14.9. The Balaban J connectivity index is 1.23. The lowest BCUT2D eigenvalue weighted by molar-refractivity contribution is 0.162. The van der Waals surface area contributed by atoms with E-state index in [1.807, 2.05) is 13.8 Å². The fourth-order valence-electron chi connectivity index (χ4n) is 3.49. The highest BCUT2D eigenvalue weighted by Gasteiger charge is 2.24. The first kappa shape index (κ1) is 21.2. The Labute approximate surface area is 180 Å². The summed E-state index contributed by atoms with van der Waals surface area (Å²) < 4.78 is 26.8. The van der Waals surface area contributed by atoms with Gasteiger partial charge in [0, 0.05) is 44.2 Å². The van der Waals surface area contributed by atoms with E-state index in [0.717, 1.165) is 38.4 Å². The second kappa shape index (κ2) is 9.38. The van der Waals surface area contributed by atoms with Crippen LogP contribution in [0, 0.1) is 5.82 Å². The van der Waals surface area contributed by atoms with Gasteiger partial charge < -0.3 is 14.2 Å². The maximum Gasteiger partial charge on any atom is 0.324 e. The molecule has 0 radical (unpaired) electrons. The van der Waals surface area contributed by atoms with Crippen molar-refractivity contribution in [1.29, 1.82) is 0 Å². The molecule has 1 atom stereocenters. The molecule has 0 aliphatic carbocycles. The van der Waals surface area contributed by atoms with Gasteiger partial charge in [-0.3, -0.25) is 4.90 Å². The summed E-state index contributed by atoms with van der Waals surface area (Å²) in [6.07, 6.45) is 2.21. The Morgan fingerprint density at radius 2 is 1.97 bits per heavy atom. The molecule has 1 aliphatic rings. The van der Waals surface area contributed by atoms with E-state index in [2.05, 4.69) is 42.4 Å². The molecule has 166 valence electrons. The zero-order chi connectivity index (χ0) is 21.8. The molecular formula is C20H27FN8O2. The number of hydrogen-bond donors (Lipinski definition) is 0. The lowest BCUT2D eigenvalue weighted by Gasteiger charge is -2.37. The van der Waals surface area contributed by atoms with Crippen molar-refractivity contribution < 1.29 is 13.7 Å². The van der Waals surface area contributed by atoms with Gasteiger partial charge in [0.25, 0.3) is 0 Å². The van der Waals surface area contributed by atoms with Crippen LogP contribution in [0.25, 0.3) is 5.69 Å². The molecule has 1 fully saturated rings. The highest BCUT2D eigenvalue weighted by atomic mass is 19.1. The molecule has 3 heterocycles. The highest BCUT2D eigenvalue weighted by molar-refractivity contribution is 5.37. The Morgan fingerprint density at radius 1 is 1.16 bits per heavy atom. The van der Waals surface area contributed by atoms with Crippen molar-refractivity contribution in [2.24, 2.45) is 0 Å². The fraction of sp³-hybridized carbons (Fsp3) is 0.550. The molecule has 3 aromatic rings. The van der Waals surface area contributed by atoms with E-state index in [0.29, 0.717) is 24.4 Å². The Bertz CT molecular complexity index is 969. The quantitative estimate of drug-likeness (QED) is 0.533. The first-order valence-electron chi connectivity index (χ1n) is 10.5. The number of tetrazole rings is 1. The van der Waals surface area contributed by atoms with E-state index in [4.69, 9.17) is 9.26 Å². The van der Waals surface area contributed by atoms with Gasteiger partial charge in [-0.1, -0.05) is 19.0 Å². The molecule has 0 bridgehead atoms. The molecular weight excluding hydrogens is 403 g/mol. The number of nitrogens with zero attached hydrogens (tertiary/aromatic N) is 8. The van der Waals surface area contributed by atoms with Crippen molar-refractivity contribution in [3.63, 3.8) is 0 Å². The third kappa shape index (κ3) is 4.98. The van der Waals surface area contributed by atoms with Crippen molar-refractivity contribution in [2.45, 2.75) is 39.2 Å². The molecule has 31 heavy (non-hydrogen) atoms. The zero-order valence-electron chi connectivity index (χ0n) is 18.0. The van der Waals surface area contributed by atoms with Crippen LogP contribution in [0.4, 0.5) is 10.4 Å². The Morgan fingerprint density at radius 3 is 2.61 bits per heavy atom. The van der Waals surface area contributed by atoms with Crippen LogP contribution < -0.4 is 9.64 Å². The van der Waals surface area contributed by atoms with Crippen molar-refractivity contribution in [2.75, 3.05) is 37.7 Å². The van der Waals surface area contributed by atoms with Crippen LogP contribution in [0.3, 0.4) is 0 Å². The normalized spacial score (nSPS) is 16.1. The van der Waals surface area contributed by atoms with Gasteiger partial charge >= 0.3 is 6.01 Å². The fourth-order valence-corrected chi connectivity index (χ4v) is 3.49. The van der Waals surface area contributed by atoms with E-state index in [1.165, 1.54) is 17.1 Å². The molecule has 0 saturated carbocycles. The monoisotopic (exact) mass is 430 g/mol. The molecule has 0 amide bonds. The minimum absolute atomic E-state index is 0.228. The molecule has 1 aliphatic heterocycles. The molecule has 1 unspecified atom stereocenters. The van der Waals surface area contributed by atoms with Gasteiger partial charge in [-0.05, 0) is 35.9 Å². The number of rotatable bonds is 8. The van der Waals surface area contributed by atoms with Crippen molar-refractivity contribution in [3.05, 3.63) is 36.2 Å². The van der Waals surface area contributed by atoms with E-state index in [9.17, 15) is 4.39 Å². The minimum Gasteiger partial charge on any atom is -0.490 e. The molecule has 4 rings (SSSR count). The number of benzene rings is 1. The van der Waals surface area contributed by atoms with Gasteiger partial charge in [0.05, 0.1) is 12.3 Å². The van der Waals surface area contributed by atoms with Crippen LogP contribution in [0.15, 0.2) is 29.0 Å². The van der Waals surface area contributed by atoms with Crippen LogP contribution >= 0.6 is 0 Å². The molecule has 1 aromatic carbocycles. The lowest BCUT2D eigenvalue weighted by Crippen LogP contribution is -2.50. The summed E-state index contributed by atoms with van der Waals surface area (Å²) in [5.74, 6) is 0.779. The summed E-state index contributed by atoms with van der Waals surface area (Å²) in [5.41, 5.74) is 0.544. The molecule has 10 nitrogen and oxygen atoms in total. The maximum absolute atomic E-state index is 14.3. The maximum atomic E-state index is 14.3. The third-order valence-electron chi connectivity index (χ3n) is 5.48. The average Bonchev–Trinajstić information content (AvgIpc) is 3.47. The minimum atomic E-state index is -0.436. The van der Waals surface area contributed by atoms with Crippen molar-refractivity contribution in [1.82, 2.24) is 35.2 Å². The first-order chi connectivity index (χ1) is 15.0. The predicted molar refractivity (Wildman–Crippen MR) is 111 cm³/mol. The number of hydrogen-bond acceptors (Lipinski definition) is 9. The molecule has 11 heteroatoms. The summed E-state index contributed by atoms with van der Waals surface area (Å²) >= 11 is 0. The summed E-state index contributed by atoms with van der Waals surface area (Å²) in [6.45, 7) is 10.2. The first-order valence-corrected chi connectivity index (χ1v) is 10.5. The summed E-state index contributed by atoms with van der Waals surface area (Å²) in [7, 11) is 0. The standard InChI is InChI=1S/C20H27FN8O2/c1-14(2)19-23-20(31-24-19)28-9-7-27(8-10-28)15(3)6-11-30-18-5-4-16(12-17(18)21)29-13-22-25-26-29/h4-5,12-15H,6-11H2,1-3H3. The van der Waals surface area contributed by atoms with E-state index in [1.54, 1.807) is 12.1 Å². The van der Waals surface area contributed by atoms with Crippen LogP contribution in [0.1, 0.15) is 38.9 Å². The Hall–Kier alpha value is -3.08. The Kier molecular flexibility index (Phi) is 6.40. The molecule has 0 N–H and O–H groups in total. The molecule has 0 spiro atoms. The largest absolute Gasteiger partial charge is 0.490 e. The van der Waals surface area contributed by atoms with Crippen molar-refractivity contribution >= 4 is 6.01 Å². The number of piperazine rings is 1. The number of anilines is 1. The average molecular weight is 430 g/mol. The predicted octanol–water partition coefficient (Wildman–Crippen LogP) is 2.29. The number of ether oxygens (including phenoxy) is 1. The van der Waals surface area contributed by atoms with Crippen LogP contribution in [-0.4, -0.2) is 74.1 Å². The van der Waals surface area contributed by atoms with Gasteiger partial charge in [0.15, 0.2) is 17.4 Å². The van der Waals surface area contributed by atoms with Gasteiger partial charge in [-0.2, -0.15) is 4.98 Å². The van der Waals surface area contributed by atoms with Crippen LogP contribution in [0.5, 0.6) is 5.75 Å². The van der Waals surface area contributed by atoms with E-state index < -0.39 is 5.82 Å². The van der Waals surface area contributed by atoms with E-state index >= 15 is 0 Å². The van der Waals surface area contributed by atoms with Crippen LogP contribution in [-0.2, 0) is 0 Å². The van der Waals surface area contributed by atoms with Crippen molar-refractivity contribution in [3.8, 4) is 11.4 Å². The smallest absolute Gasteiger partial charge is 0.324 e. The third-order valence-corrected chi connectivity index (χ3v) is 5.48. The van der Waals surface area contributed by atoms with E-state index in [-0.39, 0.29) is 11.7 Å². The molecule has 1 saturated heterocycles. The summed E-state index contributed by atoms with van der Waals surface area (Å²) in [4.78, 5) is 9.00. The highest BCUT2D eigenvalue weighted by Crippen LogP contribution is 2.22. The van der Waals surface area contributed by atoms with Gasteiger partial charge in [0.2, 0.25) is 0 Å². The van der Waals surface area contributed by atoms with Crippen LogP contribution in [0.2, 0.25) is 0 Å². The SMILES string of the molecule is CC(C)c1noc(N2CCN(C(C)CCOc3ccc(-n4cnnn4)cc3F)CC2)n1. The summed E-state index contributed by atoms with van der Waals surface area (Å²) in [6, 6.07) is 5.60. The van der Waals surface area contributed by atoms with Gasteiger partial charge in [-0.15, -0.1) is 5.10 Å². The van der Waals surface area contributed by atoms with Gasteiger partial charge in [0.1, 0.15) is 6.33 Å². The zero-order valence-corrected chi connectivity index (χ0v) is 18.0. The van der Waals surface area contributed by atoms with Gasteiger partial charge in [-0.25, -0.2) is 9.07 Å². The topological polar surface area (TPSA) is 98.2 Å². The molecule has 2 aromatic heterocycles.